The molecule has 0 radical (unpaired) electrons. The summed E-state index contributed by atoms with van der Waals surface area (Å²) < 4.78 is 15.2. The minimum absolute atomic E-state index is 0. The number of imidazole rings is 1. The van der Waals surface area contributed by atoms with Gasteiger partial charge in [0.15, 0.2) is 5.96 Å². The van der Waals surface area contributed by atoms with Crippen molar-refractivity contribution in [3.8, 4) is 0 Å². The Hall–Kier alpha value is -2.42. The molecule has 0 spiro atoms. The number of aromatic nitrogens is 2. The summed E-state index contributed by atoms with van der Waals surface area (Å²) in [6, 6.07) is 15.0. The van der Waals surface area contributed by atoms with E-state index in [4.69, 9.17) is 4.99 Å². The predicted molar refractivity (Wildman–Crippen MR) is 126 cm³/mol. The van der Waals surface area contributed by atoms with Crippen LogP contribution >= 0.6 is 24.0 Å². The number of guanidine groups is 1. The molecule has 1 N–H and O–H groups in total. The molecular formula is C22H27FIN5. The summed E-state index contributed by atoms with van der Waals surface area (Å²) in [5, 5.41) is 3.32. The maximum Gasteiger partial charge on any atom is 0.194 e. The van der Waals surface area contributed by atoms with Gasteiger partial charge >= 0.3 is 0 Å². The van der Waals surface area contributed by atoms with Gasteiger partial charge in [-0.2, -0.15) is 0 Å². The molecule has 5 nitrogen and oxygen atoms in total. The van der Waals surface area contributed by atoms with Crippen LogP contribution in [-0.2, 0) is 19.6 Å². The average Bonchev–Trinajstić information content (AvgIpc) is 3.20. The molecule has 0 bridgehead atoms. The van der Waals surface area contributed by atoms with Crippen molar-refractivity contribution in [3.63, 3.8) is 0 Å². The van der Waals surface area contributed by atoms with Crippen LogP contribution in [0.15, 0.2) is 72.2 Å². The van der Waals surface area contributed by atoms with E-state index in [-0.39, 0.29) is 29.8 Å². The van der Waals surface area contributed by atoms with Gasteiger partial charge in [-0.25, -0.2) is 14.4 Å². The molecule has 1 aromatic heterocycles. The van der Waals surface area contributed by atoms with Crippen LogP contribution in [0.5, 0.6) is 0 Å². The Morgan fingerprint density at radius 1 is 1.14 bits per heavy atom. The van der Waals surface area contributed by atoms with Crippen molar-refractivity contribution in [2.24, 2.45) is 4.99 Å². The Morgan fingerprint density at radius 3 is 2.59 bits per heavy atom. The molecule has 0 saturated heterocycles. The molecule has 0 aliphatic heterocycles. The minimum atomic E-state index is -0.220. The summed E-state index contributed by atoms with van der Waals surface area (Å²) in [4.78, 5) is 10.9. The van der Waals surface area contributed by atoms with E-state index >= 15 is 0 Å². The van der Waals surface area contributed by atoms with E-state index in [1.165, 1.54) is 17.7 Å². The zero-order valence-corrected chi connectivity index (χ0v) is 19.1. The van der Waals surface area contributed by atoms with Gasteiger partial charge in [0.25, 0.3) is 0 Å². The minimum Gasteiger partial charge on any atom is -0.357 e. The Balaban J connectivity index is 0.00000300. The fourth-order valence-corrected chi connectivity index (χ4v) is 2.99. The van der Waals surface area contributed by atoms with Gasteiger partial charge in [0, 0.05) is 39.1 Å². The lowest BCUT2D eigenvalue weighted by Gasteiger charge is -2.22. The monoisotopic (exact) mass is 507 g/mol. The van der Waals surface area contributed by atoms with Crippen LogP contribution in [-0.4, -0.2) is 34.0 Å². The summed E-state index contributed by atoms with van der Waals surface area (Å²) in [6.45, 7) is 4.88. The normalized spacial score (nSPS) is 11.1. The third-order valence-electron chi connectivity index (χ3n) is 4.36. The molecule has 1 heterocycles. The van der Waals surface area contributed by atoms with E-state index in [2.05, 4.69) is 34.6 Å². The molecule has 0 aliphatic rings. The number of nitrogens with one attached hydrogen (secondary N) is 1. The van der Waals surface area contributed by atoms with Crippen LogP contribution in [0.2, 0.25) is 0 Å². The Morgan fingerprint density at radius 2 is 1.90 bits per heavy atom. The summed E-state index contributed by atoms with van der Waals surface area (Å²) in [7, 11) is 1.99. The van der Waals surface area contributed by atoms with Crippen LogP contribution in [0, 0.1) is 5.82 Å². The highest BCUT2D eigenvalue weighted by atomic mass is 127. The van der Waals surface area contributed by atoms with E-state index in [1.54, 1.807) is 18.3 Å². The lowest BCUT2D eigenvalue weighted by molar-refractivity contribution is 0.476. The molecular weight excluding hydrogens is 480 g/mol. The molecule has 0 atom stereocenters. The van der Waals surface area contributed by atoms with E-state index in [0.717, 1.165) is 30.2 Å². The third-order valence-corrected chi connectivity index (χ3v) is 4.36. The zero-order valence-electron chi connectivity index (χ0n) is 16.8. The number of halogens is 2. The molecule has 0 aliphatic carbocycles. The lowest BCUT2D eigenvalue weighted by Crippen LogP contribution is -2.38. The molecule has 0 amide bonds. The molecule has 0 fully saturated rings. The number of hydrogen-bond donors (Lipinski definition) is 1. The second-order valence-electron chi connectivity index (χ2n) is 6.71. The summed E-state index contributed by atoms with van der Waals surface area (Å²) in [5.41, 5.74) is 3.41. The van der Waals surface area contributed by atoms with Crippen molar-refractivity contribution in [3.05, 3.63) is 89.8 Å². The van der Waals surface area contributed by atoms with Gasteiger partial charge in [0.2, 0.25) is 0 Å². The smallest absolute Gasteiger partial charge is 0.194 e. The molecule has 3 rings (SSSR count). The van der Waals surface area contributed by atoms with Crippen LogP contribution in [0.1, 0.15) is 23.6 Å². The largest absolute Gasteiger partial charge is 0.357 e. The fraction of sp³-hybridized carbons (Fsp3) is 0.273. The molecule has 0 saturated carbocycles. The first-order valence-electron chi connectivity index (χ1n) is 9.41. The zero-order chi connectivity index (χ0) is 19.8. The van der Waals surface area contributed by atoms with E-state index in [1.807, 2.05) is 36.0 Å². The van der Waals surface area contributed by atoms with Gasteiger partial charge in [-0.05, 0) is 35.7 Å². The van der Waals surface area contributed by atoms with E-state index < -0.39 is 0 Å². The molecule has 3 aromatic rings. The topological polar surface area (TPSA) is 45.5 Å². The maximum absolute atomic E-state index is 13.1. The van der Waals surface area contributed by atoms with Gasteiger partial charge < -0.3 is 14.8 Å². The second kappa shape index (κ2) is 11.5. The molecule has 154 valence electrons. The summed E-state index contributed by atoms with van der Waals surface area (Å²) >= 11 is 0. The highest BCUT2D eigenvalue weighted by Gasteiger charge is 2.07. The number of rotatable bonds is 7. The summed E-state index contributed by atoms with van der Waals surface area (Å²) in [6.07, 6.45) is 5.56. The second-order valence-corrected chi connectivity index (χ2v) is 6.71. The first-order chi connectivity index (χ1) is 13.6. The van der Waals surface area contributed by atoms with Crippen molar-refractivity contribution in [1.82, 2.24) is 19.8 Å². The standard InChI is InChI=1S/C22H26FN5.HI/c1-3-25-22(27(2)15-18-7-9-21(23)10-8-18)26-14-19-5-4-6-20(13-19)16-28-12-11-24-17-28;/h4-13,17H,3,14-16H2,1-2H3,(H,25,26);1H. The van der Waals surface area contributed by atoms with E-state index in [0.29, 0.717) is 13.1 Å². The molecule has 7 heteroatoms. The van der Waals surface area contributed by atoms with Crippen molar-refractivity contribution < 1.29 is 4.39 Å². The fourth-order valence-electron chi connectivity index (χ4n) is 2.99. The Bertz CT molecular complexity index is 894. The highest BCUT2D eigenvalue weighted by molar-refractivity contribution is 14.0. The molecule has 29 heavy (non-hydrogen) atoms. The average molecular weight is 507 g/mol. The first-order valence-corrected chi connectivity index (χ1v) is 9.41. The summed E-state index contributed by atoms with van der Waals surface area (Å²) in [5.74, 6) is 0.606. The quantitative estimate of drug-likeness (QED) is 0.295. The number of nitrogens with zero attached hydrogens (tertiary/aromatic N) is 4. The van der Waals surface area contributed by atoms with Crippen LogP contribution < -0.4 is 5.32 Å². The van der Waals surface area contributed by atoms with Crippen LogP contribution in [0.3, 0.4) is 0 Å². The highest BCUT2D eigenvalue weighted by Crippen LogP contribution is 2.10. The van der Waals surface area contributed by atoms with Gasteiger partial charge in [-0.1, -0.05) is 36.4 Å². The van der Waals surface area contributed by atoms with Gasteiger partial charge in [-0.15, -0.1) is 24.0 Å². The number of aliphatic imine (C=N–C) groups is 1. The molecule has 0 unspecified atom stereocenters. The predicted octanol–water partition coefficient (Wildman–Crippen LogP) is 4.29. The Kier molecular flexibility index (Phi) is 9.11. The van der Waals surface area contributed by atoms with Crippen molar-refractivity contribution in [2.45, 2.75) is 26.6 Å². The number of benzene rings is 2. The SMILES string of the molecule is CCNC(=NCc1cccc(Cn2ccnc2)c1)N(C)Cc1ccc(F)cc1.I. The van der Waals surface area contributed by atoms with Crippen molar-refractivity contribution in [2.75, 3.05) is 13.6 Å². The first kappa shape index (κ1) is 22.9. The van der Waals surface area contributed by atoms with Gasteiger partial charge in [0.05, 0.1) is 12.9 Å². The van der Waals surface area contributed by atoms with Crippen LogP contribution in [0.25, 0.3) is 0 Å². The third kappa shape index (κ3) is 7.16. The van der Waals surface area contributed by atoms with Crippen molar-refractivity contribution in [1.29, 1.82) is 0 Å². The van der Waals surface area contributed by atoms with E-state index in [9.17, 15) is 4.39 Å². The number of hydrogen-bond acceptors (Lipinski definition) is 2. The van der Waals surface area contributed by atoms with Crippen molar-refractivity contribution >= 4 is 29.9 Å². The molecule has 2 aromatic carbocycles. The Labute approximate surface area is 188 Å². The maximum atomic E-state index is 13.1. The lowest BCUT2D eigenvalue weighted by atomic mass is 10.1. The van der Waals surface area contributed by atoms with Crippen LogP contribution in [0.4, 0.5) is 4.39 Å². The van der Waals surface area contributed by atoms with Gasteiger partial charge in [0.1, 0.15) is 5.82 Å². The van der Waals surface area contributed by atoms with Gasteiger partial charge in [-0.3, -0.25) is 0 Å².